The topological polar surface area (TPSA) is 64.0 Å². The van der Waals surface area contributed by atoms with Gasteiger partial charge in [0, 0.05) is 43.3 Å². The summed E-state index contributed by atoms with van der Waals surface area (Å²) in [6.45, 7) is 4.69. The van der Waals surface area contributed by atoms with Gasteiger partial charge in [0.2, 0.25) is 0 Å². The lowest BCUT2D eigenvalue weighted by molar-refractivity contribution is -0.141. The van der Waals surface area contributed by atoms with Crippen molar-refractivity contribution >= 4 is 17.5 Å². The first-order valence-corrected chi connectivity index (χ1v) is 7.02. The summed E-state index contributed by atoms with van der Waals surface area (Å²) in [5.41, 5.74) is 0.785. The van der Waals surface area contributed by atoms with Crippen LogP contribution in [0.25, 0.3) is 0 Å². The zero-order chi connectivity index (χ0) is 14.7. The third-order valence-electron chi connectivity index (χ3n) is 3.48. The van der Waals surface area contributed by atoms with Gasteiger partial charge in [-0.3, -0.25) is 9.69 Å². The molecule has 1 aromatic rings. The number of nitrogens with zero attached hydrogens (tertiary/aromatic N) is 2. The van der Waals surface area contributed by atoms with Gasteiger partial charge in [-0.15, -0.1) is 0 Å². The highest BCUT2D eigenvalue weighted by atomic mass is 35.5. The molecule has 0 saturated carbocycles. The van der Waals surface area contributed by atoms with Crippen LogP contribution in [0.2, 0.25) is 5.02 Å². The number of rotatable bonds is 3. The first kappa shape index (κ1) is 15.1. The number of benzene rings is 1. The molecule has 1 aliphatic heterocycles. The van der Waals surface area contributed by atoms with Crippen molar-refractivity contribution < 1.29 is 15.0 Å². The van der Waals surface area contributed by atoms with Crippen LogP contribution in [-0.4, -0.2) is 58.2 Å². The second-order valence-electron chi connectivity index (χ2n) is 5.05. The quantitative estimate of drug-likeness (QED) is 0.876. The van der Waals surface area contributed by atoms with Gasteiger partial charge >= 0.3 is 0 Å². The molecule has 1 amide bonds. The second-order valence-corrected chi connectivity index (χ2v) is 5.49. The van der Waals surface area contributed by atoms with Crippen molar-refractivity contribution in [2.24, 2.45) is 0 Å². The SMILES string of the molecule is CC(O)C(=O)N1CCN(Cc2cc(Cl)ccc2O)CC1. The molecular weight excluding hydrogens is 280 g/mol. The summed E-state index contributed by atoms with van der Waals surface area (Å²) < 4.78 is 0. The minimum absolute atomic E-state index is 0.227. The number of aliphatic hydroxyl groups excluding tert-OH is 1. The normalized spacial score (nSPS) is 18.1. The minimum atomic E-state index is -0.946. The van der Waals surface area contributed by atoms with Crippen molar-refractivity contribution in [1.29, 1.82) is 0 Å². The molecule has 0 bridgehead atoms. The Morgan fingerprint density at radius 2 is 2.00 bits per heavy atom. The molecule has 20 heavy (non-hydrogen) atoms. The second kappa shape index (κ2) is 6.43. The van der Waals surface area contributed by atoms with E-state index in [-0.39, 0.29) is 11.7 Å². The monoisotopic (exact) mass is 298 g/mol. The maximum absolute atomic E-state index is 11.7. The summed E-state index contributed by atoms with van der Waals surface area (Å²) in [4.78, 5) is 15.5. The number of hydrogen-bond donors (Lipinski definition) is 2. The number of carbonyl (C=O) groups is 1. The van der Waals surface area contributed by atoms with Crippen molar-refractivity contribution in [1.82, 2.24) is 9.80 Å². The van der Waals surface area contributed by atoms with Gasteiger partial charge in [0.25, 0.3) is 5.91 Å². The predicted molar refractivity (Wildman–Crippen MR) is 76.7 cm³/mol. The van der Waals surface area contributed by atoms with Gasteiger partial charge in [-0.2, -0.15) is 0 Å². The van der Waals surface area contributed by atoms with Crippen LogP contribution >= 0.6 is 11.6 Å². The average Bonchev–Trinajstić information content (AvgIpc) is 2.43. The molecule has 0 radical (unpaired) electrons. The van der Waals surface area contributed by atoms with Gasteiger partial charge < -0.3 is 15.1 Å². The first-order chi connectivity index (χ1) is 9.47. The Balaban J connectivity index is 1.91. The lowest BCUT2D eigenvalue weighted by Gasteiger charge is -2.35. The highest BCUT2D eigenvalue weighted by Gasteiger charge is 2.24. The molecular formula is C14H19ClN2O3. The number of carbonyl (C=O) groups excluding carboxylic acids is 1. The van der Waals surface area contributed by atoms with Crippen molar-refractivity contribution in [2.45, 2.75) is 19.6 Å². The van der Waals surface area contributed by atoms with E-state index in [2.05, 4.69) is 4.90 Å². The van der Waals surface area contributed by atoms with Gasteiger partial charge in [0.05, 0.1) is 0 Å². The lowest BCUT2D eigenvalue weighted by Crippen LogP contribution is -2.50. The Labute approximate surface area is 123 Å². The predicted octanol–water partition coefficient (Wildman–Crippen LogP) is 1.07. The number of halogens is 1. The zero-order valence-corrected chi connectivity index (χ0v) is 12.2. The standard InChI is InChI=1S/C14H19ClN2O3/c1-10(18)14(20)17-6-4-16(5-7-17)9-11-8-12(15)2-3-13(11)19/h2-3,8,10,18-19H,4-7,9H2,1H3. The molecule has 110 valence electrons. The Morgan fingerprint density at radius 1 is 1.35 bits per heavy atom. The molecule has 6 heteroatoms. The van der Waals surface area contributed by atoms with E-state index in [1.807, 2.05) is 0 Å². The molecule has 5 nitrogen and oxygen atoms in total. The number of hydrogen-bond acceptors (Lipinski definition) is 4. The first-order valence-electron chi connectivity index (χ1n) is 6.64. The summed E-state index contributed by atoms with van der Waals surface area (Å²) in [6, 6.07) is 4.99. The van der Waals surface area contributed by atoms with E-state index in [1.165, 1.54) is 6.92 Å². The molecule has 0 aromatic heterocycles. The van der Waals surface area contributed by atoms with Crippen LogP contribution in [-0.2, 0) is 11.3 Å². The number of piperazine rings is 1. The molecule has 0 aliphatic carbocycles. The molecule has 1 fully saturated rings. The van der Waals surface area contributed by atoms with Crippen molar-refractivity contribution in [3.05, 3.63) is 28.8 Å². The van der Waals surface area contributed by atoms with Crippen LogP contribution in [0.15, 0.2) is 18.2 Å². The molecule has 1 aromatic carbocycles. The van der Waals surface area contributed by atoms with E-state index in [9.17, 15) is 15.0 Å². The molecule has 0 spiro atoms. The number of aromatic hydroxyl groups is 1. The summed E-state index contributed by atoms with van der Waals surface area (Å²) in [7, 11) is 0. The fourth-order valence-corrected chi connectivity index (χ4v) is 2.51. The summed E-state index contributed by atoms with van der Waals surface area (Å²) >= 11 is 5.92. The molecule has 1 heterocycles. The molecule has 2 rings (SSSR count). The Morgan fingerprint density at radius 3 is 2.60 bits per heavy atom. The van der Waals surface area contributed by atoms with E-state index in [1.54, 1.807) is 23.1 Å². The van der Waals surface area contributed by atoms with Crippen molar-refractivity contribution in [3.63, 3.8) is 0 Å². The van der Waals surface area contributed by atoms with Crippen LogP contribution in [0.1, 0.15) is 12.5 Å². The van der Waals surface area contributed by atoms with Crippen LogP contribution in [0, 0.1) is 0 Å². The largest absolute Gasteiger partial charge is 0.508 e. The van der Waals surface area contributed by atoms with Crippen LogP contribution in [0.4, 0.5) is 0 Å². The van der Waals surface area contributed by atoms with Gasteiger partial charge in [-0.25, -0.2) is 0 Å². The lowest BCUT2D eigenvalue weighted by atomic mass is 10.1. The van der Waals surface area contributed by atoms with E-state index in [0.29, 0.717) is 37.7 Å². The Bertz CT molecular complexity index is 485. The van der Waals surface area contributed by atoms with E-state index in [4.69, 9.17) is 11.6 Å². The van der Waals surface area contributed by atoms with E-state index >= 15 is 0 Å². The van der Waals surface area contributed by atoms with Gasteiger partial charge in [-0.1, -0.05) is 11.6 Å². The number of phenols is 1. The average molecular weight is 299 g/mol. The van der Waals surface area contributed by atoms with Crippen LogP contribution < -0.4 is 0 Å². The third kappa shape index (κ3) is 3.62. The summed E-state index contributed by atoms with van der Waals surface area (Å²) in [6.07, 6.45) is -0.946. The number of phenolic OH excluding ortho intramolecular Hbond substituents is 1. The molecule has 1 aliphatic rings. The fourth-order valence-electron chi connectivity index (χ4n) is 2.31. The smallest absolute Gasteiger partial charge is 0.251 e. The van der Waals surface area contributed by atoms with E-state index in [0.717, 1.165) is 5.56 Å². The molecule has 1 unspecified atom stereocenters. The van der Waals surface area contributed by atoms with Crippen molar-refractivity contribution in [3.8, 4) is 5.75 Å². The molecule has 1 atom stereocenters. The van der Waals surface area contributed by atoms with Gasteiger partial charge in [0.15, 0.2) is 0 Å². The highest BCUT2D eigenvalue weighted by Crippen LogP contribution is 2.23. The van der Waals surface area contributed by atoms with Gasteiger partial charge in [0.1, 0.15) is 11.9 Å². The number of aliphatic hydroxyl groups is 1. The Kier molecular flexibility index (Phi) is 4.86. The molecule has 2 N–H and O–H groups in total. The van der Waals surface area contributed by atoms with Crippen molar-refractivity contribution in [2.75, 3.05) is 26.2 Å². The Hall–Kier alpha value is -1.30. The fraction of sp³-hybridized carbons (Fsp3) is 0.500. The summed E-state index contributed by atoms with van der Waals surface area (Å²) in [5, 5.41) is 19.7. The molecule has 1 saturated heterocycles. The maximum atomic E-state index is 11.7. The highest BCUT2D eigenvalue weighted by molar-refractivity contribution is 6.30. The maximum Gasteiger partial charge on any atom is 0.251 e. The van der Waals surface area contributed by atoms with E-state index < -0.39 is 6.10 Å². The minimum Gasteiger partial charge on any atom is -0.508 e. The van der Waals surface area contributed by atoms with Gasteiger partial charge in [-0.05, 0) is 25.1 Å². The zero-order valence-electron chi connectivity index (χ0n) is 11.4. The number of amides is 1. The van der Waals surface area contributed by atoms with Crippen LogP contribution in [0.5, 0.6) is 5.75 Å². The summed E-state index contributed by atoms with van der Waals surface area (Å²) in [5.74, 6) is 0.00661. The third-order valence-corrected chi connectivity index (χ3v) is 3.71. The van der Waals surface area contributed by atoms with Crippen LogP contribution in [0.3, 0.4) is 0 Å².